The zero-order valence-electron chi connectivity index (χ0n) is 13.8. The highest BCUT2D eigenvalue weighted by molar-refractivity contribution is 7.92. The molecule has 0 spiro atoms. The minimum atomic E-state index is -3.87. The number of sulfonamides is 1. The molecule has 0 saturated heterocycles. The van der Waals surface area contributed by atoms with Gasteiger partial charge in [-0.1, -0.05) is 18.2 Å². The second kappa shape index (κ2) is 7.45. The molecule has 3 rings (SSSR count). The fourth-order valence-corrected chi connectivity index (χ4v) is 3.36. The van der Waals surface area contributed by atoms with E-state index in [4.69, 9.17) is 9.47 Å². The van der Waals surface area contributed by atoms with E-state index in [1.807, 2.05) is 12.1 Å². The van der Waals surface area contributed by atoms with Crippen molar-refractivity contribution in [1.82, 2.24) is 0 Å². The number of hydrogen-bond donors (Lipinski definition) is 1. The molecule has 0 atom stereocenters. The molecule has 0 heterocycles. The van der Waals surface area contributed by atoms with Crippen molar-refractivity contribution in [3.8, 4) is 17.2 Å². The topological polar surface area (TPSA) is 64.6 Å². The largest absolute Gasteiger partial charge is 0.493 e. The van der Waals surface area contributed by atoms with Gasteiger partial charge in [0, 0.05) is 5.69 Å². The number of ether oxygens (including phenoxy) is 2. The average Bonchev–Trinajstić information content (AvgIpc) is 2.63. The minimum Gasteiger partial charge on any atom is -0.493 e. The Labute approximate surface area is 151 Å². The molecule has 26 heavy (non-hydrogen) atoms. The normalized spacial score (nSPS) is 11.0. The number of anilines is 1. The lowest BCUT2D eigenvalue weighted by molar-refractivity contribution is 0.379. The lowest BCUT2D eigenvalue weighted by Gasteiger charge is -2.11. The van der Waals surface area contributed by atoms with Crippen LogP contribution in [-0.2, 0) is 10.0 Å². The van der Waals surface area contributed by atoms with Crippen LogP contribution >= 0.6 is 0 Å². The first-order valence-electron chi connectivity index (χ1n) is 7.67. The number of para-hydroxylation sites is 2. The summed E-state index contributed by atoms with van der Waals surface area (Å²) in [6.45, 7) is 0. The van der Waals surface area contributed by atoms with E-state index in [1.165, 1.54) is 18.2 Å². The molecule has 0 radical (unpaired) electrons. The van der Waals surface area contributed by atoms with Crippen LogP contribution in [0.25, 0.3) is 0 Å². The van der Waals surface area contributed by atoms with Crippen molar-refractivity contribution in [2.45, 2.75) is 4.90 Å². The number of rotatable bonds is 6. The quantitative estimate of drug-likeness (QED) is 0.694. The highest BCUT2D eigenvalue weighted by Crippen LogP contribution is 2.31. The molecule has 3 aromatic rings. The molecule has 0 aliphatic rings. The molecule has 3 aromatic carbocycles. The van der Waals surface area contributed by atoms with Crippen LogP contribution in [0.4, 0.5) is 10.1 Å². The third-order valence-corrected chi connectivity index (χ3v) is 4.89. The maximum absolute atomic E-state index is 13.2. The molecule has 5 nitrogen and oxygen atoms in total. The van der Waals surface area contributed by atoms with Crippen LogP contribution in [0.5, 0.6) is 17.2 Å². The van der Waals surface area contributed by atoms with E-state index in [2.05, 4.69) is 4.72 Å². The summed E-state index contributed by atoms with van der Waals surface area (Å²) in [5, 5.41) is 0. The summed E-state index contributed by atoms with van der Waals surface area (Å²) in [7, 11) is -2.32. The number of benzene rings is 3. The zero-order valence-corrected chi connectivity index (χ0v) is 14.7. The zero-order chi connectivity index (χ0) is 18.6. The maximum atomic E-state index is 13.2. The summed E-state index contributed by atoms with van der Waals surface area (Å²) >= 11 is 0. The van der Waals surface area contributed by atoms with Gasteiger partial charge in [0.2, 0.25) is 0 Å². The smallest absolute Gasteiger partial charge is 0.261 e. The maximum Gasteiger partial charge on any atom is 0.261 e. The average molecular weight is 373 g/mol. The minimum absolute atomic E-state index is 0.146. The standard InChI is InChI=1S/C19H16FNO4S/c1-24-18-7-2-3-8-19(18)25-16-11-9-15(10-12-16)21-26(22,23)17-6-4-5-14(20)13-17/h2-13,21H,1H3. The van der Waals surface area contributed by atoms with Gasteiger partial charge >= 0.3 is 0 Å². The Morgan fingerprint density at radius 3 is 2.23 bits per heavy atom. The third kappa shape index (κ3) is 4.12. The number of methoxy groups -OCH3 is 1. The van der Waals surface area contributed by atoms with Gasteiger partial charge in [-0.3, -0.25) is 4.72 Å². The van der Waals surface area contributed by atoms with Crippen LogP contribution in [0.1, 0.15) is 0 Å². The number of nitrogens with one attached hydrogen (secondary N) is 1. The fraction of sp³-hybridized carbons (Fsp3) is 0.0526. The molecule has 0 bridgehead atoms. The van der Waals surface area contributed by atoms with E-state index in [0.29, 0.717) is 22.9 Å². The van der Waals surface area contributed by atoms with Gasteiger partial charge in [0.1, 0.15) is 11.6 Å². The molecular formula is C19H16FNO4S. The SMILES string of the molecule is COc1ccccc1Oc1ccc(NS(=O)(=O)c2cccc(F)c2)cc1. The van der Waals surface area contributed by atoms with Gasteiger partial charge < -0.3 is 9.47 Å². The van der Waals surface area contributed by atoms with Crippen LogP contribution in [0.3, 0.4) is 0 Å². The molecule has 0 aliphatic heterocycles. The molecule has 1 N–H and O–H groups in total. The predicted octanol–water partition coefficient (Wildman–Crippen LogP) is 4.43. The summed E-state index contributed by atoms with van der Waals surface area (Å²) in [6, 6.07) is 18.4. The van der Waals surface area contributed by atoms with Crippen molar-refractivity contribution >= 4 is 15.7 Å². The van der Waals surface area contributed by atoms with Gasteiger partial charge in [0.05, 0.1) is 12.0 Å². The molecule has 0 amide bonds. The molecule has 0 aromatic heterocycles. The summed E-state index contributed by atoms with van der Waals surface area (Å²) < 4.78 is 51.2. The summed E-state index contributed by atoms with van der Waals surface area (Å²) in [5.74, 6) is 1.03. The molecule has 0 unspecified atom stereocenters. The highest BCUT2D eigenvalue weighted by Gasteiger charge is 2.15. The van der Waals surface area contributed by atoms with Crippen LogP contribution in [0.2, 0.25) is 0 Å². The van der Waals surface area contributed by atoms with Gasteiger partial charge in [-0.25, -0.2) is 12.8 Å². The van der Waals surface area contributed by atoms with E-state index in [1.54, 1.807) is 43.5 Å². The molecular weight excluding hydrogens is 357 g/mol. The Bertz CT molecular complexity index is 1000. The Hall–Kier alpha value is -3.06. The van der Waals surface area contributed by atoms with Crippen molar-refractivity contribution in [3.05, 3.63) is 78.6 Å². The molecule has 0 saturated carbocycles. The first-order valence-corrected chi connectivity index (χ1v) is 9.15. The second-order valence-corrected chi connectivity index (χ2v) is 7.02. The molecule has 0 fully saturated rings. The van der Waals surface area contributed by atoms with Crippen molar-refractivity contribution in [2.24, 2.45) is 0 Å². The fourth-order valence-electron chi connectivity index (χ4n) is 2.27. The predicted molar refractivity (Wildman–Crippen MR) is 96.7 cm³/mol. The van der Waals surface area contributed by atoms with Crippen molar-refractivity contribution in [1.29, 1.82) is 0 Å². The summed E-state index contributed by atoms with van der Waals surface area (Å²) in [6.07, 6.45) is 0. The Kier molecular flexibility index (Phi) is 5.09. The van der Waals surface area contributed by atoms with Crippen LogP contribution in [0.15, 0.2) is 77.7 Å². The van der Waals surface area contributed by atoms with Gasteiger partial charge in [0.25, 0.3) is 10.0 Å². The van der Waals surface area contributed by atoms with E-state index in [0.717, 1.165) is 6.07 Å². The van der Waals surface area contributed by atoms with Gasteiger partial charge in [0.15, 0.2) is 11.5 Å². The monoisotopic (exact) mass is 373 g/mol. The van der Waals surface area contributed by atoms with Gasteiger partial charge in [-0.05, 0) is 54.6 Å². The second-order valence-electron chi connectivity index (χ2n) is 5.34. The van der Waals surface area contributed by atoms with Crippen LogP contribution in [-0.4, -0.2) is 15.5 Å². The highest BCUT2D eigenvalue weighted by atomic mass is 32.2. The lowest BCUT2D eigenvalue weighted by Crippen LogP contribution is -2.13. The molecule has 0 aliphatic carbocycles. The Morgan fingerprint density at radius 2 is 1.58 bits per heavy atom. The summed E-state index contributed by atoms with van der Waals surface area (Å²) in [4.78, 5) is -0.146. The van der Waals surface area contributed by atoms with E-state index < -0.39 is 15.8 Å². The van der Waals surface area contributed by atoms with E-state index in [9.17, 15) is 12.8 Å². The van der Waals surface area contributed by atoms with Crippen molar-refractivity contribution < 1.29 is 22.3 Å². The first kappa shape index (κ1) is 17.8. The van der Waals surface area contributed by atoms with Crippen molar-refractivity contribution in [3.63, 3.8) is 0 Å². The Balaban J connectivity index is 1.75. The number of halogens is 1. The van der Waals surface area contributed by atoms with Gasteiger partial charge in [-0.2, -0.15) is 0 Å². The third-order valence-electron chi connectivity index (χ3n) is 3.51. The van der Waals surface area contributed by atoms with Gasteiger partial charge in [-0.15, -0.1) is 0 Å². The number of hydrogen-bond acceptors (Lipinski definition) is 4. The van der Waals surface area contributed by atoms with E-state index in [-0.39, 0.29) is 4.90 Å². The van der Waals surface area contributed by atoms with Crippen LogP contribution in [0, 0.1) is 5.82 Å². The first-order chi connectivity index (χ1) is 12.5. The Morgan fingerprint density at radius 1 is 0.885 bits per heavy atom. The lowest BCUT2D eigenvalue weighted by atomic mass is 10.3. The van der Waals surface area contributed by atoms with E-state index >= 15 is 0 Å². The van der Waals surface area contributed by atoms with Crippen LogP contribution < -0.4 is 14.2 Å². The summed E-state index contributed by atoms with van der Waals surface area (Å²) in [5.41, 5.74) is 0.335. The molecule has 7 heteroatoms. The van der Waals surface area contributed by atoms with Crippen molar-refractivity contribution in [2.75, 3.05) is 11.8 Å². The molecule has 134 valence electrons.